The molecular formula is C15H12F2N2O2S. The van der Waals surface area contributed by atoms with E-state index in [4.69, 9.17) is 0 Å². The van der Waals surface area contributed by atoms with Crippen molar-refractivity contribution in [2.75, 3.05) is 18.4 Å². The van der Waals surface area contributed by atoms with Gasteiger partial charge in [-0.05, 0) is 23.6 Å². The second-order valence-electron chi connectivity index (χ2n) is 5.00. The van der Waals surface area contributed by atoms with Crippen molar-refractivity contribution in [1.29, 1.82) is 0 Å². The molecule has 0 saturated carbocycles. The zero-order valence-electron chi connectivity index (χ0n) is 11.4. The van der Waals surface area contributed by atoms with E-state index in [1.165, 1.54) is 17.4 Å². The molecule has 0 bridgehead atoms. The zero-order valence-corrected chi connectivity index (χ0v) is 12.2. The first-order valence-corrected chi connectivity index (χ1v) is 7.51. The van der Waals surface area contributed by atoms with Gasteiger partial charge < -0.3 is 10.2 Å². The maximum Gasteiger partial charge on any atom is 0.263 e. The standard InChI is InChI=1S/C15H12F2N2O2S/c16-10-3-4-12(11(17)6-10)18-14(20)9-7-19(8-9)15(21)13-2-1-5-22-13/h1-6,9H,7-8H2,(H,18,20). The largest absolute Gasteiger partial charge is 0.336 e. The van der Waals surface area contributed by atoms with Crippen LogP contribution >= 0.6 is 11.3 Å². The number of hydrogen-bond donors (Lipinski definition) is 1. The monoisotopic (exact) mass is 322 g/mol. The number of carbonyl (C=O) groups is 2. The van der Waals surface area contributed by atoms with Crippen LogP contribution in [0.15, 0.2) is 35.7 Å². The van der Waals surface area contributed by atoms with Gasteiger partial charge in [0.2, 0.25) is 5.91 Å². The second-order valence-corrected chi connectivity index (χ2v) is 5.95. The van der Waals surface area contributed by atoms with Crippen molar-refractivity contribution in [3.05, 3.63) is 52.2 Å². The van der Waals surface area contributed by atoms with Crippen LogP contribution in [-0.4, -0.2) is 29.8 Å². The number of thiophene rings is 1. The van der Waals surface area contributed by atoms with Gasteiger partial charge in [-0.15, -0.1) is 11.3 Å². The summed E-state index contributed by atoms with van der Waals surface area (Å²) in [6.07, 6.45) is 0. The first-order valence-electron chi connectivity index (χ1n) is 6.63. The van der Waals surface area contributed by atoms with Gasteiger partial charge in [0.1, 0.15) is 11.6 Å². The molecule has 1 N–H and O–H groups in total. The molecule has 0 unspecified atom stereocenters. The lowest BCUT2D eigenvalue weighted by molar-refractivity contribution is -0.123. The third kappa shape index (κ3) is 2.85. The summed E-state index contributed by atoms with van der Waals surface area (Å²) in [5, 5.41) is 4.23. The van der Waals surface area contributed by atoms with Crippen molar-refractivity contribution >= 4 is 28.8 Å². The molecule has 2 heterocycles. The van der Waals surface area contributed by atoms with Crippen LogP contribution in [0.5, 0.6) is 0 Å². The molecule has 2 aromatic rings. The molecule has 1 aliphatic rings. The molecule has 114 valence electrons. The highest BCUT2D eigenvalue weighted by molar-refractivity contribution is 7.12. The van der Waals surface area contributed by atoms with E-state index in [0.29, 0.717) is 24.0 Å². The summed E-state index contributed by atoms with van der Waals surface area (Å²) in [5.74, 6) is -2.38. The van der Waals surface area contributed by atoms with Crippen LogP contribution in [0.25, 0.3) is 0 Å². The number of nitrogens with one attached hydrogen (secondary N) is 1. The molecule has 1 aliphatic heterocycles. The van der Waals surface area contributed by atoms with Crippen LogP contribution in [-0.2, 0) is 4.79 Å². The lowest BCUT2D eigenvalue weighted by atomic mass is 9.98. The maximum absolute atomic E-state index is 13.5. The topological polar surface area (TPSA) is 49.4 Å². The Morgan fingerprint density at radius 3 is 2.64 bits per heavy atom. The Labute approximate surface area is 129 Å². The molecule has 0 aliphatic carbocycles. The van der Waals surface area contributed by atoms with Crippen LogP contribution in [0.2, 0.25) is 0 Å². The van der Waals surface area contributed by atoms with E-state index >= 15 is 0 Å². The molecule has 0 atom stereocenters. The molecule has 2 amide bonds. The van der Waals surface area contributed by atoms with Crippen molar-refractivity contribution in [2.45, 2.75) is 0 Å². The number of nitrogens with zero attached hydrogens (tertiary/aromatic N) is 1. The summed E-state index contributed by atoms with van der Waals surface area (Å²) in [6.45, 7) is 0.594. The summed E-state index contributed by atoms with van der Waals surface area (Å²) in [5.41, 5.74) is -0.0607. The van der Waals surface area contributed by atoms with Gasteiger partial charge in [0.25, 0.3) is 5.91 Å². The Hall–Kier alpha value is -2.28. The normalized spacial score (nSPS) is 14.5. The van der Waals surface area contributed by atoms with Crippen molar-refractivity contribution in [1.82, 2.24) is 4.90 Å². The van der Waals surface area contributed by atoms with Crippen LogP contribution in [0.3, 0.4) is 0 Å². The molecule has 1 saturated heterocycles. The highest BCUT2D eigenvalue weighted by Crippen LogP contribution is 2.23. The van der Waals surface area contributed by atoms with Crippen molar-refractivity contribution in [3.63, 3.8) is 0 Å². The molecule has 22 heavy (non-hydrogen) atoms. The quantitative estimate of drug-likeness (QED) is 0.944. The number of amides is 2. The first-order chi connectivity index (χ1) is 10.5. The average Bonchev–Trinajstić information content (AvgIpc) is 2.94. The summed E-state index contributed by atoms with van der Waals surface area (Å²) >= 11 is 1.35. The van der Waals surface area contributed by atoms with Crippen LogP contribution < -0.4 is 5.32 Å². The van der Waals surface area contributed by atoms with Gasteiger partial charge in [0.15, 0.2) is 0 Å². The minimum atomic E-state index is -0.820. The van der Waals surface area contributed by atoms with E-state index in [9.17, 15) is 18.4 Å². The number of anilines is 1. The highest BCUT2D eigenvalue weighted by atomic mass is 32.1. The molecule has 7 heteroatoms. The van der Waals surface area contributed by atoms with Gasteiger partial charge in [0.05, 0.1) is 16.5 Å². The zero-order chi connectivity index (χ0) is 15.7. The Morgan fingerprint density at radius 2 is 2.00 bits per heavy atom. The van der Waals surface area contributed by atoms with Gasteiger partial charge in [-0.25, -0.2) is 8.78 Å². The second kappa shape index (κ2) is 5.84. The fourth-order valence-electron chi connectivity index (χ4n) is 2.19. The fourth-order valence-corrected chi connectivity index (χ4v) is 2.88. The van der Waals surface area contributed by atoms with Crippen molar-refractivity contribution in [3.8, 4) is 0 Å². The molecule has 0 spiro atoms. The van der Waals surface area contributed by atoms with Gasteiger partial charge >= 0.3 is 0 Å². The number of likely N-dealkylation sites (tertiary alicyclic amines) is 1. The maximum atomic E-state index is 13.5. The molecule has 0 radical (unpaired) electrons. The molecule has 1 aromatic heterocycles. The predicted octanol–water partition coefficient (Wildman–Crippen LogP) is 2.74. The van der Waals surface area contributed by atoms with E-state index in [-0.39, 0.29) is 23.4 Å². The smallest absolute Gasteiger partial charge is 0.263 e. The van der Waals surface area contributed by atoms with Crippen molar-refractivity contribution in [2.24, 2.45) is 5.92 Å². The summed E-state index contributed by atoms with van der Waals surface area (Å²) in [7, 11) is 0. The molecular weight excluding hydrogens is 310 g/mol. The van der Waals surface area contributed by atoms with Gasteiger partial charge in [-0.3, -0.25) is 9.59 Å². The molecule has 1 fully saturated rings. The third-order valence-corrected chi connectivity index (χ3v) is 4.32. The Morgan fingerprint density at radius 1 is 1.23 bits per heavy atom. The number of halogens is 2. The van der Waals surface area contributed by atoms with E-state index < -0.39 is 11.6 Å². The summed E-state index contributed by atoms with van der Waals surface area (Å²) < 4.78 is 26.3. The van der Waals surface area contributed by atoms with E-state index in [1.807, 2.05) is 5.38 Å². The minimum Gasteiger partial charge on any atom is -0.336 e. The lowest BCUT2D eigenvalue weighted by Gasteiger charge is -2.37. The Balaban J connectivity index is 1.56. The van der Waals surface area contributed by atoms with Gasteiger partial charge in [0, 0.05) is 19.2 Å². The predicted molar refractivity (Wildman–Crippen MR) is 78.7 cm³/mol. The van der Waals surface area contributed by atoms with Gasteiger partial charge in [-0.1, -0.05) is 6.07 Å². The van der Waals surface area contributed by atoms with E-state index in [1.54, 1.807) is 17.0 Å². The number of rotatable bonds is 3. The molecule has 3 rings (SSSR count). The SMILES string of the molecule is O=C(Nc1ccc(F)cc1F)C1CN(C(=O)c2cccs2)C1. The minimum absolute atomic E-state index is 0.0607. The number of carbonyl (C=O) groups excluding carboxylic acids is 2. The molecule has 1 aromatic carbocycles. The van der Waals surface area contributed by atoms with Crippen LogP contribution in [0, 0.1) is 17.6 Å². The Kier molecular flexibility index (Phi) is 3.89. The average molecular weight is 322 g/mol. The van der Waals surface area contributed by atoms with Crippen molar-refractivity contribution < 1.29 is 18.4 Å². The molecule has 4 nitrogen and oxygen atoms in total. The number of benzene rings is 1. The highest BCUT2D eigenvalue weighted by Gasteiger charge is 2.36. The summed E-state index contributed by atoms with van der Waals surface area (Å²) in [4.78, 5) is 26.2. The van der Waals surface area contributed by atoms with E-state index in [0.717, 1.165) is 6.07 Å². The Bertz CT molecular complexity index is 712. The number of hydrogen-bond acceptors (Lipinski definition) is 3. The fraction of sp³-hybridized carbons (Fsp3) is 0.200. The summed E-state index contributed by atoms with van der Waals surface area (Å²) in [6, 6.07) is 6.48. The first kappa shape index (κ1) is 14.6. The third-order valence-electron chi connectivity index (χ3n) is 3.46. The van der Waals surface area contributed by atoms with E-state index in [2.05, 4.69) is 5.32 Å². The lowest BCUT2D eigenvalue weighted by Crippen LogP contribution is -2.54. The van der Waals surface area contributed by atoms with Crippen LogP contribution in [0.1, 0.15) is 9.67 Å². The van der Waals surface area contributed by atoms with Crippen LogP contribution in [0.4, 0.5) is 14.5 Å². The van der Waals surface area contributed by atoms with Gasteiger partial charge in [-0.2, -0.15) is 0 Å².